The maximum absolute atomic E-state index is 12.8. The molecule has 1 aliphatic rings. The van der Waals surface area contributed by atoms with E-state index in [9.17, 15) is 9.59 Å². The average Bonchev–Trinajstić information content (AvgIpc) is 2.65. The van der Waals surface area contributed by atoms with Crippen LogP contribution in [0.2, 0.25) is 10.0 Å². The lowest BCUT2D eigenvalue weighted by Crippen LogP contribution is -2.28. The molecule has 0 saturated carbocycles. The van der Waals surface area contributed by atoms with Crippen molar-refractivity contribution in [2.24, 2.45) is 0 Å². The standard InChI is InChI=1S/C20H17Cl2N3O2/c21-15-6-4-12(9-16(15)22)10-19(26)23-13-5-7-17-14(11-13)20(27)25-8-2-1-3-18(25)24-17/h4-7,9,11H,1-3,8,10H2,(H,23,26). The van der Waals surface area contributed by atoms with Gasteiger partial charge in [-0.3, -0.25) is 14.2 Å². The summed E-state index contributed by atoms with van der Waals surface area (Å²) < 4.78 is 1.74. The number of aryl methyl sites for hydroxylation is 1. The van der Waals surface area contributed by atoms with Gasteiger partial charge in [0, 0.05) is 18.7 Å². The molecule has 0 atom stereocenters. The monoisotopic (exact) mass is 401 g/mol. The van der Waals surface area contributed by atoms with Crippen LogP contribution in [0.5, 0.6) is 0 Å². The van der Waals surface area contributed by atoms with Gasteiger partial charge < -0.3 is 5.32 Å². The van der Waals surface area contributed by atoms with Gasteiger partial charge in [-0.2, -0.15) is 0 Å². The Labute approximate surface area is 165 Å². The number of anilines is 1. The lowest BCUT2D eigenvalue weighted by Gasteiger charge is -2.18. The molecule has 0 bridgehead atoms. The fraction of sp³-hybridized carbons (Fsp3) is 0.250. The fourth-order valence-corrected chi connectivity index (χ4v) is 3.68. The van der Waals surface area contributed by atoms with E-state index in [2.05, 4.69) is 10.3 Å². The molecule has 2 heterocycles. The predicted molar refractivity (Wildman–Crippen MR) is 108 cm³/mol. The van der Waals surface area contributed by atoms with Crippen molar-refractivity contribution in [1.82, 2.24) is 9.55 Å². The Morgan fingerprint density at radius 3 is 2.78 bits per heavy atom. The molecule has 0 fully saturated rings. The summed E-state index contributed by atoms with van der Waals surface area (Å²) in [7, 11) is 0. The van der Waals surface area contributed by atoms with Gasteiger partial charge in [0.15, 0.2) is 0 Å². The minimum atomic E-state index is -0.196. The summed E-state index contributed by atoms with van der Waals surface area (Å²) in [6.07, 6.45) is 3.03. The normalized spacial score (nSPS) is 13.4. The van der Waals surface area contributed by atoms with Gasteiger partial charge >= 0.3 is 0 Å². The van der Waals surface area contributed by atoms with E-state index >= 15 is 0 Å². The van der Waals surface area contributed by atoms with E-state index in [1.807, 2.05) is 0 Å². The van der Waals surface area contributed by atoms with Crippen molar-refractivity contribution in [3.05, 3.63) is 68.2 Å². The molecular weight excluding hydrogens is 385 g/mol. The highest BCUT2D eigenvalue weighted by molar-refractivity contribution is 6.42. The third-order valence-electron chi connectivity index (χ3n) is 4.70. The van der Waals surface area contributed by atoms with E-state index in [0.717, 1.165) is 30.7 Å². The van der Waals surface area contributed by atoms with Crippen molar-refractivity contribution in [2.45, 2.75) is 32.2 Å². The van der Waals surface area contributed by atoms with Crippen LogP contribution >= 0.6 is 23.2 Å². The van der Waals surface area contributed by atoms with Crippen LogP contribution in [0.3, 0.4) is 0 Å². The number of nitrogens with zero attached hydrogens (tertiary/aromatic N) is 2. The maximum atomic E-state index is 12.8. The van der Waals surface area contributed by atoms with Gasteiger partial charge in [-0.05, 0) is 48.7 Å². The van der Waals surface area contributed by atoms with E-state index in [0.29, 0.717) is 33.2 Å². The average molecular weight is 402 g/mol. The molecule has 1 N–H and O–H groups in total. The molecule has 0 spiro atoms. The largest absolute Gasteiger partial charge is 0.326 e. The molecule has 0 saturated heterocycles. The number of rotatable bonds is 3. The molecule has 5 nitrogen and oxygen atoms in total. The Kier molecular flexibility index (Phi) is 4.89. The van der Waals surface area contributed by atoms with Crippen LogP contribution in [0.4, 0.5) is 5.69 Å². The Hall–Kier alpha value is -2.37. The van der Waals surface area contributed by atoms with Crippen LogP contribution in [0, 0.1) is 0 Å². The third kappa shape index (κ3) is 3.70. The lowest BCUT2D eigenvalue weighted by atomic mass is 10.1. The second-order valence-electron chi connectivity index (χ2n) is 6.65. The Morgan fingerprint density at radius 2 is 1.96 bits per heavy atom. The molecule has 0 unspecified atom stereocenters. The molecule has 1 aliphatic heterocycles. The molecule has 1 amide bonds. The zero-order chi connectivity index (χ0) is 19.0. The van der Waals surface area contributed by atoms with Crippen LogP contribution in [-0.4, -0.2) is 15.5 Å². The van der Waals surface area contributed by atoms with Crippen molar-refractivity contribution in [3.63, 3.8) is 0 Å². The first-order chi connectivity index (χ1) is 13.0. The number of benzene rings is 2. The SMILES string of the molecule is O=C(Cc1ccc(Cl)c(Cl)c1)Nc1ccc2nc3n(c(=O)c2c1)CCCC3. The number of nitrogens with one attached hydrogen (secondary N) is 1. The van der Waals surface area contributed by atoms with Crippen LogP contribution in [0.1, 0.15) is 24.2 Å². The van der Waals surface area contributed by atoms with Gasteiger partial charge in [-0.1, -0.05) is 29.3 Å². The van der Waals surface area contributed by atoms with E-state index in [1.165, 1.54) is 0 Å². The molecular formula is C20H17Cl2N3O2. The highest BCUT2D eigenvalue weighted by Crippen LogP contribution is 2.23. The van der Waals surface area contributed by atoms with Gasteiger partial charge in [-0.25, -0.2) is 4.98 Å². The first-order valence-corrected chi connectivity index (χ1v) is 9.54. The molecule has 7 heteroatoms. The number of aromatic nitrogens is 2. The Morgan fingerprint density at radius 1 is 1.11 bits per heavy atom. The smallest absolute Gasteiger partial charge is 0.261 e. The first kappa shape index (κ1) is 18.0. The zero-order valence-corrected chi connectivity index (χ0v) is 16.0. The summed E-state index contributed by atoms with van der Waals surface area (Å²) in [5.74, 6) is 0.647. The van der Waals surface area contributed by atoms with Gasteiger partial charge in [-0.15, -0.1) is 0 Å². The van der Waals surface area contributed by atoms with Crippen molar-refractivity contribution >= 4 is 45.7 Å². The molecule has 0 aliphatic carbocycles. The summed E-state index contributed by atoms with van der Waals surface area (Å²) >= 11 is 11.9. The summed E-state index contributed by atoms with van der Waals surface area (Å²) in [6, 6.07) is 10.3. The van der Waals surface area contributed by atoms with E-state index in [-0.39, 0.29) is 17.9 Å². The second-order valence-corrected chi connectivity index (χ2v) is 7.46. The van der Waals surface area contributed by atoms with Gasteiger partial charge in [0.25, 0.3) is 5.56 Å². The van der Waals surface area contributed by atoms with Crippen LogP contribution < -0.4 is 10.9 Å². The number of fused-ring (bicyclic) bond motifs is 2. The number of amides is 1. The number of hydrogen-bond acceptors (Lipinski definition) is 3. The Bertz CT molecular complexity index is 1110. The van der Waals surface area contributed by atoms with E-state index in [4.69, 9.17) is 23.2 Å². The maximum Gasteiger partial charge on any atom is 0.261 e. The quantitative estimate of drug-likeness (QED) is 0.714. The van der Waals surface area contributed by atoms with Crippen molar-refractivity contribution in [1.29, 1.82) is 0 Å². The highest BCUT2D eigenvalue weighted by atomic mass is 35.5. The fourth-order valence-electron chi connectivity index (χ4n) is 3.36. The van der Waals surface area contributed by atoms with E-state index in [1.54, 1.807) is 41.0 Å². The highest BCUT2D eigenvalue weighted by Gasteiger charge is 2.15. The second kappa shape index (κ2) is 7.33. The van der Waals surface area contributed by atoms with Crippen molar-refractivity contribution in [3.8, 4) is 0 Å². The molecule has 1 aromatic heterocycles. The van der Waals surface area contributed by atoms with Gasteiger partial charge in [0.05, 0.1) is 27.4 Å². The van der Waals surface area contributed by atoms with Crippen LogP contribution in [0.25, 0.3) is 10.9 Å². The topological polar surface area (TPSA) is 64.0 Å². The van der Waals surface area contributed by atoms with Crippen LogP contribution in [-0.2, 0) is 24.2 Å². The first-order valence-electron chi connectivity index (χ1n) is 8.78. The molecule has 3 aromatic rings. The van der Waals surface area contributed by atoms with Gasteiger partial charge in [0.1, 0.15) is 5.82 Å². The number of carbonyl (C=O) groups excluding carboxylic acids is 1. The van der Waals surface area contributed by atoms with Crippen LogP contribution in [0.15, 0.2) is 41.2 Å². The number of hydrogen-bond donors (Lipinski definition) is 1. The zero-order valence-electron chi connectivity index (χ0n) is 14.5. The molecule has 27 heavy (non-hydrogen) atoms. The summed E-state index contributed by atoms with van der Waals surface area (Å²) in [6.45, 7) is 0.699. The predicted octanol–water partition coefficient (Wildman–Crippen LogP) is 4.22. The van der Waals surface area contributed by atoms with Gasteiger partial charge in [0.2, 0.25) is 5.91 Å². The van der Waals surface area contributed by atoms with Crippen molar-refractivity contribution < 1.29 is 4.79 Å². The minimum absolute atomic E-state index is 0.0460. The van der Waals surface area contributed by atoms with E-state index < -0.39 is 0 Å². The summed E-state index contributed by atoms with van der Waals surface area (Å²) in [5.41, 5.74) is 1.95. The number of halogens is 2. The summed E-state index contributed by atoms with van der Waals surface area (Å²) in [4.78, 5) is 29.7. The molecule has 138 valence electrons. The lowest BCUT2D eigenvalue weighted by molar-refractivity contribution is -0.115. The molecule has 2 aromatic carbocycles. The van der Waals surface area contributed by atoms with Crippen molar-refractivity contribution in [2.75, 3.05) is 5.32 Å². The minimum Gasteiger partial charge on any atom is -0.326 e. The Balaban J connectivity index is 1.58. The molecule has 4 rings (SSSR count). The summed E-state index contributed by atoms with van der Waals surface area (Å²) in [5, 5.41) is 4.22. The number of carbonyl (C=O) groups is 1. The third-order valence-corrected chi connectivity index (χ3v) is 5.44. The molecule has 0 radical (unpaired) electrons.